The molecule has 4 N–H and O–H groups in total. The van der Waals surface area contributed by atoms with E-state index in [1.165, 1.54) is 26.4 Å². The highest BCUT2D eigenvalue weighted by molar-refractivity contribution is 5.86. The number of nitrogens with zero attached hydrogens (tertiary/aromatic N) is 3. The van der Waals surface area contributed by atoms with Gasteiger partial charge < -0.3 is 14.8 Å². The lowest BCUT2D eigenvalue weighted by atomic mass is 10.2. The van der Waals surface area contributed by atoms with Crippen molar-refractivity contribution in [2.45, 2.75) is 0 Å². The van der Waals surface area contributed by atoms with Crippen molar-refractivity contribution in [3.8, 4) is 11.5 Å². The van der Waals surface area contributed by atoms with Gasteiger partial charge in [-0.25, -0.2) is 15.3 Å². The van der Waals surface area contributed by atoms with Crippen molar-refractivity contribution in [2.24, 2.45) is 5.10 Å². The topological polar surface area (TPSA) is 194 Å². The summed E-state index contributed by atoms with van der Waals surface area (Å²) >= 11 is 0. The number of anilines is 1. The molecule has 1 aromatic heterocycles. The molecule has 0 aliphatic rings. The summed E-state index contributed by atoms with van der Waals surface area (Å²) in [4.78, 5) is 46.4. The lowest BCUT2D eigenvalue weighted by molar-refractivity contribution is -0.385. The van der Waals surface area contributed by atoms with Gasteiger partial charge in [-0.1, -0.05) is 0 Å². The van der Waals surface area contributed by atoms with E-state index in [0.29, 0.717) is 0 Å². The smallest absolute Gasteiger partial charge is 0.342 e. The van der Waals surface area contributed by atoms with Crippen LogP contribution in [0.4, 0.5) is 11.5 Å². The molecule has 0 bridgehead atoms. The first-order chi connectivity index (χ1) is 13.3. The average Bonchev–Trinajstić information content (AvgIpc) is 2.66. The van der Waals surface area contributed by atoms with Gasteiger partial charge in [0.15, 0.2) is 5.75 Å². The molecule has 0 saturated heterocycles. The highest BCUT2D eigenvalue weighted by atomic mass is 16.6. The summed E-state index contributed by atoms with van der Waals surface area (Å²) in [7, 11) is 2.59. The number of carbonyl (C=O) groups excluding carboxylic acids is 1. The van der Waals surface area contributed by atoms with Crippen LogP contribution in [0.25, 0.3) is 0 Å². The zero-order valence-electron chi connectivity index (χ0n) is 14.6. The van der Waals surface area contributed by atoms with Gasteiger partial charge in [0.1, 0.15) is 0 Å². The number of H-pyrrole nitrogens is 2. The van der Waals surface area contributed by atoms with Gasteiger partial charge in [-0.05, 0) is 6.07 Å². The molecule has 148 valence electrons. The number of nitro benzene ring substituents is 1. The standard InChI is InChI=1S/C14H15N7O7/c1-27-9-4-7(3-8(21(25)26)11(9)28-2)5-16-18-10(22)6-15-12-13(23)17-14(24)20-19-12/h3-5H,6H2,1-2H3,(H,15,19)(H,18,22)(H2,17,20,23,24)/b16-5+. The van der Waals surface area contributed by atoms with Crippen LogP contribution < -0.4 is 31.5 Å². The van der Waals surface area contributed by atoms with Gasteiger partial charge in [0.2, 0.25) is 11.6 Å². The number of nitro groups is 1. The molecule has 1 aromatic carbocycles. The lowest BCUT2D eigenvalue weighted by Crippen LogP contribution is -2.31. The highest BCUT2D eigenvalue weighted by Crippen LogP contribution is 2.37. The maximum Gasteiger partial charge on any atom is 0.342 e. The van der Waals surface area contributed by atoms with Crippen LogP contribution in [0.5, 0.6) is 11.5 Å². The molecule has 14 heteroatoms. The molecule has 28 heavy (non-hydrogen) atoms. The molecule has 0 aliphatic heterocycles. The van der Waals surface area contributed by atoms with Gasteiger partial charge in [-0.15, -0.1) is 5.10 Å². The number of amides is 1. The number of methoxy groups -OCH3 is 2. The monoisotopic (exact) mass is 393 g/mol. The maximum absolute atomic E-state index is 11.7. The van der Waals surface area contributed by atoms with E-state index in [9.17, 15) is 24.5 Å². The quantitative estimate of drug-likeness (QED) is 0.246. The predicted molar refractivity (Wildman–Crippen MR) is 95.9 cm³/mol. The number of hydrogen-bond acceptors (Lipinski definition) is 10. The Morgan fingerprint density at radius 2 is 2.11 bits per heavy atom. The molecule has 14 nitrogen and oxygen atoms in total. The van der Waals surface area contributed by atoms with E-state index >= 15 is 0 Å². The first-order valence-corrected chi connectivity index (χ1v) is 7.51. The Bertz CT molecular complexity index is 1030. The van der Waals surface area contributed by atoms with Crippen molar-refractivity contribution < 1.29 is 19.2 Å². The number of hydrazone groups is 1. The summed E-state index contributed by atoms with van der Waals surface area (Å²) in [5.74, 6) is -0.820. The molecule has 1 amide bonds. The van der Waals surface area contributed by atoms with Crippen molar-refractivity contribution in [1.82, 2.24) is 20.6 Å². The molecule has 1 heterocycles. The van der Waals surface area contributed by atoms with Crippen molar-refractivity contribution in [3.05, 3.63) is 48.6 Å². The molecule has 0 atom stereocenters. The third-order valence-electron chi connectivity index (χ3n) is 3.21. The molecule has 0 unspecified atom stereocenters. The molecular weight excluding hydrogens is 378 g/mol. The summed E-state index contributed by atoms with van der Waals surface area (Å²) < 4.78 is 10.0. The summed E-state index contributed by atoms with van der Waals surface area (Å²) in [5.41, 5.74) is 0.524. The van der Waals surface area contributed by atoms with Crippen molar-refractivity contribution >= 4 is 23.6 Å². The van der Waals surface area contributed by atoms with Crippen LogP contribution in [0.15, 0.2) is 26.8 Å². The molecule has 0 spiro atoms. The maximum atomic E-state index is 11.7. The van der Waals surface area contributed by atoms with Crippen molar-refractivity contribution in [1.29, 1.82) is 0 Å². The second-order valence-electron chi connectivity index (χ2n) is 5.03. The van der Waals surface area contributed by atoms with E-state index in [-0.39, 0.29) is 35.1 Å². The fourth-order valence-corrected chi connectivity index (χ4v) is 2.03. The largest absolute Gasteiger partial charge is 0.493 e. The molecule has 0 aliphatic carbocycles. The van der Waals surface area contributed by atoms with Crippen molar-refractivity contribution in [2.75, 3.05) is 26.1 Å². The Kier molecular flexibility index (Phi) is 6.40. The van der Waals surface area contributed by atoms with E-state index in [4.69, 9.17) is 9.47 Å². The number of nitrogens with one attached hydrogen (secondary N) is 4. The first kappa shape index (κ1) is 20.1. The highest BCUT2D eigenvalue weighted by Gasteiger charge is 2.21. The van der Waals surface area contributed by atoms with E-state index in [0.717, 1.165) is 6.21 Å². The van der Waals surface area contributed by atoms with Crippen LogP contribution in [-0.4, -0.2) is 53.0 Å². The number of hydrogen-bond donors (Lipinski definition) is 4. The Balaban J connectivity index is 2.04. The van der Waals surface area contributed by atoms with E-state index in [1.54, 1.807) is 0 Å². The van der Waals surface area contributed by atoms with Crippen LogP contribution in [0, 0.1) is 10.1 Å². The minimum Gasteiger partial charge on any atom is -0.493 e. The van der Waals surface area contributed by atoms with Gasteiger partial charge in [-0.3, -0.25) is 24.7 Å². The molecule has 2 aromatic rings. The average molecular weight is 393 g/mol. The Morgan fingerprint density at radius 1 is 1.36 bits per heavy atom. The molecule has 0 saturated carbocycles. The van der Waals surface area contributed by atoms with Gasteiger partial charge in [0, 0.05) is 11.6 Å². The van der Waals surface area contributed by atoms with Crippen LogP contribution in [0.2, 0.25) is 0 Å². The number of rotatable bonds is 8. The van der Waals surface area contributed by atoms with E-state index in [1.807, 2.05) is 10.1 Å². The second-order valence-corrected chi connectivity index (χ2v) is 5.03. The summed E-state index contributed by atoms with van der Waals surface area (Å²) in [6.45, 7) is -0.369. The Morgan fingerprint density at radius 3 is 2.71 bits per heavy atom. The zero-order valence-corrected chi connectivity index (χ0v) is 14.6. The number of ether oxygens (including phenoxy) is 2. The summed E-state index contributed by atoms with van der Waals surface area (Å²) in [5, 5.41) is 22.7. The SMILES string of the molecule is COc1cc(/C=N/NC(=O)CNc2n[nH]c(=O)[nH]c2=O)cc([N+](=O)[O-])c1OC. The van der Waals surface area contributed by atoms with Gasteiger partial charge in [0.25, 0.3) is 11.5 Å². The van der Waals surface area contributed by atoms with Crippen molar-refractivity contribution in [3.63, 3.8) is 0 Å². The number of aromatic nitrogens is 3. The fraction of sp³-hybridized carbons (Fsp3) is 0.214. The molecule has 0 radical (unpaired) electrons. The van der Waals surface area contributed by atoms with Gasteiger partial charge in [-0.2, -0.15) is 5.10 Å². The van der Waals surface area contributed by atoms with Crippen LogP contribution >= 0.6 is 0 Å². The lowest BCUT2D eigenvalue weighted by Gasteiger charge is -2.08. The molecule has 0 fully saturated rings. The number of carbonyl (C=O) groups is 1. The van der Waals surface area contributed by atoms with Gasteiger partial charge >= 0.3 is 11.4 Å². The predicted octanol–water partition coefficient (Wildman–Crippen LogP) is -1.05. The summed E-state index contributed by atoms with van der Waals surface area (Å²) in [6, 6.07) is 2.63. The molecule has 2 rings (SSSR count). The van der Waals surface area contributed by atoms with Gasteiger partial charge in [0.05, 0.1) is 31.9 Å². The second kappa shape index (κ2) is 8.93. The number of benzene rings is 1. The zero-order chi connectivity index (χ0) is 20.7. The number of aromatic amines is 2. The first-order valence-electron chi connectivity index (χ1n) is 7.51. The molecular formula is C14H15N7O7. The third-order valence-corrected chi connectivity index (χ3v) is 3.21. The normalized spacial score (nSPS) is 10.5. The van der Waals surface area contributed by atoms with E-state index in [2.05, 4.69) is 20.9 Å². The Hall–Kier alpha value is -4.23. The van der Waals surface area contributed by atoms with Crippen LogP contribution in [0.1, 0.15) is 5.56 Å². The van der Waals surface area contributed by atoms with Crippen LogP contribution in [-0.2, 0) is 4.79 Å². The minimum atomic E-state index is -0.794. The Labute approximate surface area is 155 Å². The fourth-order valence-electron chi connectivity index (χ4n) is 2.03. The minimum absolute atomic E-state index is 0.0449. The summed E-state index contributed by atoms with van der Waals surface area (Å²) in [6.07, 6.45) is 1.16. The third kappa shape index (κ3) is 4.90. The van der Waals surface area contributed by atoms with E-state index < -0.39 is 22.1 Å². The van der Waals surface area contributed by atoms with Crippen LogP contribution in [0.3, 0.4) is 0 Å².